The van der Waals surface area contributed by atoms with Crippen LogP contribution in [0.3, 0.4) is 0 Å². The topological polar surface area (TPSA) is 32.3 Å². The van der Waals surface area contributed by atoms with Crippen molar-refractivity contribution < 1.29 is 4.79 Å². The molecule has 1 amide bonds. The third-order valence-electron chi connectivity index (χ3n) is 2.98. The van der Waals surface area contributed by atoms with Crippen LogP contribution in [0.25, 0.3) is 6.08 Å². The number of rotatable bonds is 3. The SMILES string of the molecule is CCc1ccc(/C=C2\NC(=S)N(CC)C2=O)cc1. The van der Waals surface area contributed by atoms with Crippen molar-refractivity contribution in [1.82, 2.24) is 10.2 Å². The van der Waals surface area contributed by atoms with Crippen molar-refractivity contribution in [3.63, 3.8) is 0 Å². The van der Waals surface area contributed by atoms with E-state index in [1.54, 1.807) is 4.90 Å². The molecule has 1 N–H and O–H groups in total. The first-order chi connectivity index (χ1) is 8.65. The highest BCUT2D eigenvalue weighted by Gasteiger charge is 2.28. The third kappa shape index (κ3) is 2.43. The molecule has 0 radical (unpaired) electrons. The summed E-state index contributed by atoms with van der Waals surface area (Å²) in [6, 6.07) is 8.17. The van der Waals surface area contributed by atoms with Crippen molar-refractivity contribution >= 4 is 29.3 Å². The van der Waals surface area contributed by atoms with Gasteiger partial charge in [0, 0.05) is 6.54 Å². The van der Waals surface area contributed by atoms with Crippen LogP contribution in [0.15, 0.2) is 30.0 Å². The fourth-order valence-corrected chi connectivity index (χ4v) is 2.20. The van der Waals surface area contributed by atoms with Gasteiger partial charge in [-0.2, -0.15) is 0 Å². The van der Waals surface area contributed by atoms with Crippen molar-refractivity contribution in [2.75, 3.05) is 6.54 Å². The number of carbonyl (C=O) groups excluding carboxylic acids is 1. The van der Waals surface area contributed by atoms with Crippen LogP contribution in [0.5, 0.6) is 0 Å². The van der Waals surface area contributed by atoms with Crippen LogP contribution in [-0.4, -0.2) is 22.5 Å². The van der Waals surface area contributed by atoms with Gasteiger partial charge in [0.2, 0.25) is 0 Å². The van der Waals surface area contributed by atoms with Gasteiger partial charge in [-0.15, -0.1) is 0 Å². The van der Waals surface area contributed by atoms with E-state index >= 15 is 0 Å². The molecular weight excluding hydrogens is 244 g/mol. The zero-order valence-electron chi connectivity index (χ0n) is 10.6. The van der Waals surface area contributed by atoms with E-state index in [0.717, 1.165) is 12.0 Å². The Morgan fingerprint density at radius 1 is 1.28 bits per heavy atom. The van der Waals surface area contributed by atoms with Crippen LogP contribution >= 0.6 is 12.2 Å². The minimum atomic E-state index is -0.0536. The Morgan fingerprint density at radius 3 is 2.44 bits per heavy atom. The van der Waals surface area contributed by atoms with Gasteiger partial charge in [0.25, 0.3) is 5.91 Å². The number of nitrogens with zero attached hydrogens (tertiary/aromatic N) is 1. The van der Waals surface area contributed by atoms with Gasteiger partial charge in [0.1, 0.15) is 5.70 Å². The van der Waals surface area contributed by atoms with Crippen LogP contribution in [0, 0.1) is 0 Å². The molecular formula is C14H16N2OS. The molecule has 0 atom stereocenters. The average molecular weight is 260 g/mol. The number of hydrogen-bond donors (Lipinski definition) is 1. The minimum Gasteiger partial charge on any atom is -0.328 e. The Morgan fingerprint density at radius 2 is 1.94 bits per heavy atom. The summed E-state index contributed by atoms with van der Waals surface area (Å²) < 4.78 is 0. The van der Waals surface area contributed by atoms with Gasteiger partial charge in [-0.1, -0.05) is 31.2 Å². The Bertz CT molecular complexity index is 505. The van der Waals surface area contributed by atoms with Crippen LogP contribution in [0.2, 0.25) is 0 Å². The molecule has 1 saturated heterocycles. The molecule has 1 aromatic rings. The van der Waals surface area contributed by atoms with Gasteiger partial charge in [-0.05, 0) is 42.8 Å². The van der Waals surface area contributed by atoms with E-state index in [2.05, 4.69) is 24.4 Å². The van der Waals surface area contributed by atoms with E-state index in [0.29, 0.717) is 17.4 Å². The van der Waals surface area contributed by atoms with E-state index in [1.165, 1.54) is 5.56 Å². The zero-order valence-corrected chi connectivity index (χ0v) is 11.4. The second-order valence-electron chi connectivity index (χ2n) is 4.13. The largest absolute Gasteiger partial charge is 0.328 e. The normalized spacial score (nSPS) is 17.4. The molecule has 94 valence electrons. The molecule has 4 heteroatoms. The molecule has 0 aromatic heterocycles. The molecule has 3 nitrogen and oxygen atoms in total. The van der Waals surface area contributed by atoms with Gasteiger partial charge in [-0.3, -0.25) is 9.69 Å². The number of nitrogens with one attached hydrogen (secondary N) is 1. The van der Waals surface area contributed by atoms with E-state index in [4.69, 9.17) is 12.2 Å². The van der Waals surface area contributed by atoms with Gasteiger partial charge in [0.05, 0.1) is 0 Å². The van der Waals surface area contributed by atoms with Crippen molar-refractivity contribution in [3.8, 4) is 0 Å². The standard InChI is InChI=1S/C14H16N2OS/c1-3-10-5-7-11(8-6-10)9-12-13(17)16(4-2)14(18)15-12/h5-9H,3-4H2,1-2H3,(H,15,18)/b12-9-. The van der Waals surface area contributed by atoms with Crippen LogP contribution in [0.1, 0.15) is 25.0 Å². The quantitative estimate of drug-likeness (QED) is 0.668. The summed E-state index contributed by atoms with van der Waals surface area (Å²) in [5.41, 5.74) is 2.84. The van der Waals surface area contributed by atoms with Crippen molar-refractivity contribution in [3.05, 3.63) is 41.1 Å². The molecule has 1 heterocycles. The fraction of sp³-hybridized carbons (Fsp3) is 0.286. The van der Waals surface area contributed by atoms with Crippen molar-refractivity contribution in [1.29, 1.82) is 0 Å². The molecule has 18 heavy (non-hydrogen) atoms. The Kier molecular flexibility index (Phi) is 3.77. The maximum Gasteiger partial charge on any atom is 0.276 e. The van der Waals surface area contributed by atoms with Crippen LogP contribution in [-0.2, 0) is 11.2 Å². The molecule has 0 saturated carbocycles. The first kappa shape index (κ1) is 12.8. The zero-order chi connectivity index (χ0) is 13.1. The summed E-state index contributed by atoms with van der Waals surface area (Å²) in [7, 11) is 0. The predicted octanol–water partition coefficient (Wildman–Crippen LogP) is 2.33. The van der Waals surface area contributed by atoms with Crippen molar-refractivity contribution in [2.45, 2.75) is 20.3 Å². The highest BCUT2D eigenvalue weighted by Crippen LogP contribution is 2.14. The monoisotopic (exact) mass is 260 g/mol. The third-order valence-corrected chi connectivity index (χ3v) is 3.30. The van der Waals surface area contributed by atoms with Crippen LogP contribution < -0.4 is 5.32 Å². The van der Waals surface area contributed by atoms with E-state index in [1.807, 2.05) is 25.1 Å². The summed E-state index contributed by atoms with van der Waals surface area (Å²) in [6.07, 6.45) is 2.85. The second-order valence-corrected chi connectivity index (χ2v) is 4.52. The highest BCUT2D eigenvalue weighted by molar-refractivity contribution is 7.80. The Hall–Kier alpha value is -1.68. The van der Waals surface area contributed by atoms with Gasteiger partial charge < -0.3 is 5.32 Å². The first-order valence-electron chi connectivity index (χ1n) is 6.09. The predicted molar refractivity (Wildman–Crippen MR) is 76.9 cm³/mol. The fourth-order valence-electron chi connectivity index (χ4n) is 1.88. The number of benzene rings is 1. The molecule has 1 aromatic carbocycles. The lowest BCUT2D eigenvalue weighted by Gasteiger charge is -2.08. The van der Waals surface area contributed by atoms with Crippen LogP contribution in [0.4, 0.5) is 0 Å². The van der Waals surface area contributed by atoms with Gasteiger partial charge in [-0.25, -0.2) is 0 Å². The molecule has 2 rings (SSSR count). The number of aryl methyl sites for hydroxylation is 1. The van der Waals surface area contributed by atoms with E-state index in [-0.39, 0.29) is 5.91 Å². The van der Waals surface area contributed by atoms with E-state index in [9.17, 15) is 4.79 Å². The van der Waals surface area contributed by atoms with Gasteiger partial charge in [0.15, 0.2) is 5.11 Å². The lowest BCUT2D eigenvalue weighted by molar-refractivity contribution is -0.122. The second kappa shape index (κ2) is 5.31. The maximum absolute atomic E-state index is 12.0. The summed E-state index contributed by atoms with van der Waals surface area (Å²) >= 11 is 5.10. The maximum atomic E-state index is 12.0. The number of thiocarbonyl (C=S) groups is 1. The molecule has 0 unspecified atom stereocenters. The number of likely N-dealkylation sites (N-methyl/N-ethyl adjacent to an activating group) is 1. The molecule has 1 aliphatic rings. The molecule has 1 fully saturated rings. The highest BCUT2D eigenvalue weighted by atomic mass is 32.1. The number of hydrogen-bond acceptors (Lipinski definition) is 2. The number of amides is 1. The lowest BCUT2D eigenvalue weighted by atomic mass is 10.1. The summed E-state index contributed by atoms with van der Waals surface area (Å²) in [4.78, 5) is 13.5. The molecule has 1 aliphatic heterocycles. The van der Waals surface area contributed by atoms with E-state index < -0.39 is 0 Å². The first-order valence-corrected chi connectivity index (χ1v) is 6.50. The lowest BCUT2D eigenvalue weighted by Crippen LogP contribution is -2.30. The molecule has 0 bridgehead atoms. The molecule has 0 aliphatic carbocycles. The minimum absolute atomic E-state index is 0.0536. The Labute approximate surface area is 112 Å². The summed E-state index contributed by atoms with van der Waals surface area (Å²) in [5, 5.41) is 3.44. The number of carbonyl (C=O) groups is 1. The van der Waals surface area contributed by atoms with Gasteiger partial charge >= 0.3 is 0 Å². The average Bonchev–Trinajstić information content (AvgIpc) is 2.65. The summed E-state index contributed by atoms with van der Waals surface area (Å²) in [5.74, 6) is -0.0536. The smallest absolute Gasteiger partial charge is 0.276 e. The summed E-state index contributed by atoms with van der Waals surface area (Å²) in [6.45, 7) is 4.62. The van der Waals surface area contributed by atoms with Crippen molar-refractivity contribution in [2.24, 2.45) is 0 Å². The Balaban J connectivity index is 2.23. The molecule has 0 spiro atoms.